The van der Waals surface area contributed by atoms with Gasteiger partial charge in [0.1, 0.15) is 5.69 Å². The van der Waals surface area contributed by atoms with Crippen LogP contribution in [0.15, 0.2) is 30.3 Å². The van der Waals surface area contributed by atoms with Crippen molar-refractivity contribution in [2.75, 3.05) is 7.05 Å². The largest absolute Gasteiger partial charge is 0.354 e. The lowest BCUT2D eigenvalue weighted by Crippen LogP contribution is -2.18. The van der Waals surface area contributed by atoms with E-state index >= 15 is 0 Å². The van der Waals surface area contributed by atoms with Crippen molar-refractivity contribution >= 4 is 17.5 Å². The smallest absolute Gasteiger partial charge is 0.280 e. The van der Waals surface area contributed by atoms with E-state index < -0.39 is 12.3 Å². The molecule has 1 N–H and O–H groups in total. The molecule has 2 rings (SSSR count). The summed E-state index contributed by atoms with van der Waals surface area (Å²) in [4.78, 5) is 11.4. The SMILES string of the molecule is CNC(=O)c1cc(C(F)F)n(-c2ccc(Cl)cc2)n1. The van der Waals surface area contributed by atoms with Crippen molar-refractivity contribution < 1.29 is 13.6 Å². The second-order valence-corrected chi connectivity index (χ2v) is 4.16. The van der Waals surface area contributed by atoms with Gasteiger partial charge in [-0.15, -0.1) is 0 Å². The van der Waals surface area contributed by atoms with Crippen LogP contribution < -0.4 is 5.32 Å². The monoisotopic (exact) mass is 285 g/mol. The van der Waals surface area contributed by atoms with Crippen LogP contribution in [0.3, 0.4) is 0 Å². The summed E-state index contributed by atoms with van der Waals surface area (Å²) in [5.41, 5.74) is 0.00326. The Labute approximate surface area is 113 Å². The van der Waals surface area contributed by atoms with Crippen molar-refractivity contribution in [1.82, 2.24) is 15.1 Å². The third kappa shape index (κ3) is 2.73. The molecule has 1 amide bonds. The van der Waals surface area contributed by atoms with Gasteiger partial charge in [-0.3, -0.25) is 4.79 Å². The molecule has 0 unspecified atom stereocenters. The summed E-state index contributed by atoms with van der Waals surface area (Å²) in [5.74, 6) is -0.519. The summed E-state index contributed by atoms with van der Waals surface area (Å²) >= 11 is 5.74. The molecule has 0 saturated heterocycles. The third-order valence-electron chi connectivity index (χ3n) is 2.49. The molecule has 0 atom stereocenters. The number of rotatable bonds is 3. The number of nitrogens with one attached hydrogen (secondary N) is 1. The number of alkyl halides is 2. The lowest BCUT2D eigenvalue weighted by atomic mass is 10.3. The van der Waals surface area contributed by atoms with Crippen LogP contribution >= 0.6 is 11.6 Å². The van der Waals surface area contributed by atoms with E-state index in [9.17, 15) is 13.6 Å². The first-order valence-corrected chi connectivity index (χ1v) is 5.77. The van der Waals surface area contributed by atoms with Crippen molar-refractivity contribution in [2.45, 2.75) is 6.43 Å². The van der Waals surface area contributed by atoms with Crippen molar-refractivity contribution in [3.63, 3.8) is 0 Å². The van der Waals surface area contributed by atoms with Gasteiger partial charge in [0.25, 0.3) is 12.3 Å². The van der Waals surface area contributed by atoms with E-state index in [-0.39, 0.29) is 11.4 Å². The molecule has 0 bridgehead atoms. The fraction of sp³-hybridized carbons (Fsp3) is 0.167. The predicted molar refractivity (Wildman–Crippen MR) is 66.9 cm³/mol. The summed E-state index contributed by atoms with van der Waals surface area (Å²) in [6.07, 6.45) is -2.73. The van der Waals surface area contributed by atoms with Gasteiger partial charge < -0.3 is 5.32 Å². The molecule has 4 nitrogen and oxygen atoms in total. The number of halogens is 3. The Balaban J connectivity index is 2.51. The van der Waals surface area contributed by atoms with Crippen LogP contribution in [0.5, 0.6) is 0 Å². The highest BCUT2D eigenvalue weighted by Crippen LogP contribution is 2.24. The minimum Gasteiger partial charge on any atom is -0.354 e. The van der Waals surface area contributed by atoms with Crippen LogP contribution in [0.4, 0.5) is 8.78 Å². The Kier molecular flexibility index (Phi) is 3.80. The molecular formula is C12H10ClF2N3O. The van der Waals surface area contributed by atoms with Crippen LogP contribution in [-0.4, -0.2) is 22.7 Å². The number of nitrogens with zero attached hydrogens (tertiary/aromatic N) is 2. The molecule has 1 heterocycles. The van der Waals surface area contributed by atoms with Crippen LogP contribution in [0.2, 0.25) is 5.02 Å². The first-order valence-electron chi connectivity index (χ1n) is 5.39. The van der Waals surface area contributed by atoms with Crippen molar-refractivity contribution in [3.8, 4) is 5.69 Å². The van der Waals surface area contributed by atoms with Crippen molar-refractivity contribution in [1.29, 1.82) is 0 Å². The number of amides is 1. The molecule has 0 aliphatic rings. The summed E-state index contributed by atoms with van der Waals surface area (Å²) in [7, 11) is 1.41. The van der Waals surface area contributed by atoms with E-state index in [1.165, 1.54) is 7.05 Å². The molecular weight excluding hydrogens is 276 g/mol. The van der Waals surface area contributed by atoms with E-state index in [1.807, 2.05) is 0 Å². The summed E-state index contributed by atoms with van der Waals surface area (Å²) in [6, 6.07) is 7.29. The summed E-state index contributed by atoms with van der Waals surface area (Å²) in [6.45, 7) is 0. The molecule has 0 spiro atoms. The van der Waals surface area contributed by atoms with Gasteiger partial charge in [0.15, 0.2) is 5.69 Å². The third-order valence-corrected chi connectivity index (χ3v) is 2.74. The minimum absolute atomic E-state index is 0.0623. The van der Waals surface area contributed by atoms with Crippen LogP contribution in [0, 0.1) is 0 Å². The van der Waals surface area contributed by atoms with Crippen LogP contribution in [0.1, 0.15) is 22.6 Å². The molecule has 0 fully saturated rings. The van der Waals surface area contributed by atoms with Gasteiger partial charge in [-0.1, -0.05) is 11.6 Å². The average molecular weight is 286 g/mol. The van der Waals surface area contributed by atoms with Crippen LogP contribution in [0.25, 0.3) is 5.69 Å². The second kappa shape index (κ2) is 5.36. The van der Waals surface area contributed by atoms with Crippen LogP contribution in [-0.2, 0) is 0 Å². The molecule has 1 aromatic heterocycles. The zero-order valence-electron chi connectivity index (χ0n) is 9.90. The van der Waals surface area contributed by atoms with E-state index in [4.69, 9.17) is 11.6 Å². The predicted octanol–water partition coefficient (Wildman–Crippen LogP) is 2.82. The Morgan fingerprint density at radius 3 is 2.53 bits per heavy atom. The minimum atomic E-state index is -2.73. The number of benzene rings is 1. The maximum atomic E-state index is 13.0. The second-order valence-electron chi connectivity index (χ2n) is 3.72. The quantitative estimate of drug-likeness (QED) is 0.942. The van der Waals surface area contributed by atoms with Gasteiger partial charge in [-0.25, -0.2) is 13.5 Å². The highest BCUT2D eigenvalue weighted by Gasteiger charge is 2.20. The molecule has 2 aromatic rings. The lowest BCUT2D eigenvalue weighted by molar-refractivity contribution is 0.0957. The molecule has 1 aromatic carbocycles. The fourth-order valence-corrected chi connectivity index (χ4v) is 1.71. The van der Waals surface area contributed by atoms with Gasteiger partial charge in [0.05, 0.1) is 5.69 Å². The molecule has 7 heteroatoms. The zero-order chi connectivity index (χ0) is 14.0. The Morgan fingerprint density at radius 2 is 2.00 bits per heavy atom. The van der Waals surface area contributed by atoms with E-state index in [1.54, 1.807) is 24.3 Å². The first-order chi connectivity index (χ1) is 9.02. The highest BCUT2D eigenvalue weighted by atomic mass is 35.5. The topological polar surface area (TPSA) is 46.9 Å². The van der Waals surface area contributed by atoms with Gasteiger partial charge in [-0.2, -0.15) is 5.10 Å². The van der Waals surface area contributed by atoms with E-state index in [0.29, 0.717) is 10.7 Å². The number of carbonyl (C=O) groups excluding carboxylic acids is 1. The van der Waals surface area contributed by atoms with Crippen molar-refractivity contribution in [3.05, 3.63) is 46.7 Å². The van der Waals surface area contributed by atoms with Crippen molar-refractivity contribution in [2.24, 2.45) is 0 Å². The highest BCUT2D eigenvalue weighted by molar-refractivity contribution is 6.30. The molecule has 100 valence electrons. The molecule has 0 aliphatic heterocycles. The summed E-state index contributed by atoms with van der Waals surface area (Å²) < 4.78 is 26.9. The number of aromatic nitrogens is 2. The van der Waals surface area contributed by atoms with Gasteiger partial charge in [0, 0.05) is 12.1 Å². The first kappa shape index (κ1) is 13.5. The number of carbonyl (C=O) groups is 1. The zero-order valence-corrected chi connectivity index (χ0v) is 10.7. The Morgan fingerprint density at radius 1 is 1.37 bits per heavy atom. The molecule has 0 radical (unpaired) electrons. The summed E-state index contributed by atoms with van der Waals surface area (Å²) in [5, 5.41) is 6.71. The van der Waals surface area contributed by atoms with E-state index in [2.05, 4.69) is 10.4 Å². The molecule has 0 saturated carbocycles. The molecule has 19 heavy (non-hydrogen) atoms. The lowest BCUT2D eigenvalue weighted by Gasteiger charge is -2.06. The maximum absolute atomic E-state index is 13.0. The van der Waals surface area contributed by atoms with Gasteiger partial charge in [0.2, 0.25) is 0 Å². The van der Waals surface area contributed by atoms with Gasteiger partial charge >= 0.3 is 0 Å². The Hall–Kier alpha value is -1.95. The van der Waals surface area contributed by atoms with E-state index in [0.717, 1.165) is 10.7 Å². The standard InChI is InChI=1S/C12H10ClF2N3O/c1-16-12(19)9-6-10(11(14)15)18(17-9)8-4-2-7(13)3-5-8/h2-6,11H,1H3,(H,16,19). The van der Waals surface area contributed by atoms with Gasteiger partial charge in [-0.05, 0) is 30.3 Å². The number of hydrogen-bond acceptors (Lipinski definition) is 2. The number of hydrogen-bond donors (Lipinski definition) is 1. The molecule has 0 aliphatic carbocycles. The maximum Gasteiger partial charge on any atom is 0.280 e. The normalized spacial score (nSPS) is 10.8. The Bertz CT molecular complexity index is 596. The average Bonchev–Trinajstić information content (AvgIpc) is 2.84. The fourth-order valence-electron chi connectivity index (χ4n) is 1.58.